The lowest BCUT2D eigenvalue weighted by molar-refractivity contribution is 0.0944. The number of hydrogen-bond acceptors (Lipinski definition) is 2. The Balaban J connectivity index is 1.86. The molecule has 0 radical (unpaired) electrons. The minimum Gasteiger partial charge on any atom is -0.508 e. The molecule has 0 saturated heterocycles. The van der Waals surface area contributed by atoms with Gasteiger partial charge >= 0.3 is 0 Å². The minimum absolute atomic E-state index is 0.0878. The molecule has 4 heteroatoms. The fraction of sp³-hybridized carbons (Fsp3) is 0.500. The second-order valence-corrected chi connectivity index (χ2v) is 5.17. The van der Waals surface area contributed by atoms with E-state index < -0.39 is 0 Å². The van der Waals surface area contributed by atoms with Crippen molar-refractivity contribution in [3.63, 3.8) is 0 Å². The Morgan fingerprint density at radius 3 is 2.61 bits per heavy atom. The van der Waals surface area contributed by atoms with Crippen molar-refractivity contribution in [1.82, 2.24) is 5.32 Å². The number of carbonyl (C=O) groups excluding carboxylic acids is 1. The van der Waals surface area contributed by atoms with Gasteiger partial charge in [0.2, 0.25) is 0 Å². The summed E-state index contributed by atoms with van der Waals surface area (Å²) in [5, 5.41) is 12.1. The highest BCUT2D eigenvalue weighted by atomic mass is 35.5. The summed E-state index contributed by atoms with van der Waals surface area (Å²) in [4.78, 5) is 11.9. The van der Waals surface area contributed by atoms with Gasteiger partial charge in [-0.3, -0.25) is 4.79 Å². The van der Waals surface area contributed by atoms with Crippen molar-refractivity contribution in [3.8, 4) is 5.75 Å². The van der Waals surface area contributed by atoms with Crippen LogP contribution < -0.4 is 5.32 Å². The van der Waals surface area contributed by atoms with E-state index in [2.05, 4.69) is 5.32 Å². The van der Waals surface area contributed by atoms with Crippen LogP contribution >= 0.6 is 11.6 Å². The predicted octanol–water partition coefficient (Wildman–Crippen LogP) is 2.78. The maximum atomic E-state index is 11.9. The number of carbonyl (C=O) groups is 1. The highest BCUT2D eigenvalue weighted by molar-refractivity contribution is 6.18. The van der Waals surface area contributed by atoms with Crippen LogP contribution in [0.15, 0.2) is 24.3 Å². The van der Waals surface area contributed by atoms with Crippen LogP contribution in [0.3, 0.4) is 0 Å². The van der Waals surface area contributed by atoms with Gasteiger partial charge in [0.25, 0.3) is 5.91 Å². The Labute approximate surface area is 112 Å². The van der Waals surface area contributed by atoms with Crippen LogP contribution in [0.4, 0.5) is 0 Å². The fourth-order valence-corrected chi connectivity index (χ4v) is 2.93. The molecule has 98 valence electrons. The largest absolute Gasteiger partial charge is 0.508 e. The summed E-state index contributed by atoms with van der Waals surface area (Å²) in [5.41, 5.74) is 0.577. The quantitative estimate of drug-likeness (QED) is 0.824. The maximum absolute atomic E-state index is 11.9. The van der Waals surface area contributed by atoms with E-state index in [0.29, 0.717) is 29.8 Å². The molecule has 0 bridgehead atoms. The number of halogens is 1. The molecule has 2 rings (SSSR count). The van der Waals surface area contributed by atoms with Gasteiger partial charge in [-0.15, -0.1) is 11.6 Å². The van der Waals surface area contributed by atoms with E-state index in [1.165, 1.54) is 25.0 Å². The fourth-order valence-electron chi connectivity index (χ4n) is 2.52. The van der Waals surface area contributed by atoms with Crippen molar-refractivity contribution in [2.24, 2.45) is 11.8 Å². The third-order valence-electron chi connectivity index (χ3n) is 3.67. The molecule has 0 heterocycles. The number of amides is 1. The van der Waals surface area contributed by atoms with E-state index in [1.807, 2.05) is 0 Å². The first-order valence-electron chi connectivity index (χ1n) is 6.34. The van der Waals surface area contributed by atoms with E-state index in [-0.39, 0.29) is 11.7 Å². The number of phenols is 1. The van der Waals surface area contributed by atoms with Crippen molar-refractivity contribution in [2.45, 2.75) is 19.3 Å². The molecule has 1 fully saturated rings. The SMILES string of the molecule is O=C(NCC1CCCC1CCl)c1ccc(O)cc1. The number of nitrogens with one attached hydrogen (secondary N) is 1. The molecule has 2 atom stereocenters. The monoisotopic (exact) mass is 267 g/mol. The zero-order chi connectivity index (χ0) is 13.0. The standard InChI is InChI=1S/C14H18ClNO2/c15-8-11-2-1-3-12(11)9-16-14(18)10-4-6-13(17)7-5-10/h4-7,11-12,17H,1-3,8-9H2,(H,16,18). The first-order valence-corrected chi connectivity index (χ1v) is 6.87. The molecule has 1 aliphatic rings. The lowest BCUT2D eigenvalue weighted by Crippen LogP contribution is -2.31. The summed E-state index contributed by atoms with van der Waals surface area (Å²) in [6.45, 7) is 0.692. The van der Waals surface area contributed by atoms with Gasteiger partial charge in [0.05, 0.1) is 0 Å². The smallest absolute Gasteiger partial charge is 0.251 e. The summed E-state index contributed by atoms with van der Waals surface area (Å²) in [5.74, 6) is 1.80. The molecule has 1 amide bonds. The van der Waals surface area contributed by atoms with Crippen molar-refractivity contribution in [1.29, 1.82) is 0 Å². The topological polar surface area (TPSA) is 49.3 Å². The first-order chi connectivity index (χ1) is 8.70. The van der Waals surface area contributed by atoms with E-state index in [0.717, 1.165) is 6.42 Å². The molecule has 0 spiro atoms. The molecule has 1 aromatic carbocycles. The molecular weight excluding hydrogens is 250 g/mol. The van der Waals surface area contributed by atoms with Gasteiger partial charge in [-0.1, -0.05) is 6.42 Å². The van der Waals surface area contributed by atoms with Gasteiger partial charge in [0, 0.05) is 18.0 Å². The molecule has 2 N–H and O–H groups in total. The van der Waals surface area contributed by atoms with Crippen LogP contribution in [-0.2, 0) is 0 Å². The summed E-state index contributed by atoms with van der Waals surface area (Å²) in [6, 6.07) is 6.29. The number of rotatable bonds is 4. The van der Waals surface area contributed by atoms with Gasteiger partial charge in [-0.05, 0) is 48.9 Å². The number of alkyl halides is 1. The van der Waals surface area contributed by atoms with Gasteiger partial charge in [-0.2, -0.15) is 0 Å². The highest BCUT2D eigenvalue weighted by Crippen LogP contribution is 2.31. The number of phenolic OH excluding ortho intramolecular Hbond substituents is 1. The number of aromatic hydroxyl groups is 1. The predicted molar refractivity (Wildman–Crippen MR) is 72.0 cm³/mol. The highest BCUT2D eigenvalue weighted by Gasteiger charge is 2.26. The summed E-state index contributed by atoms with van der Waals surface area (Å²) >= 11 is 5.91. The maximum Gasteiger partial charge on any atom is 0.251 e. The summed E-state index contributed by atoms with van der Waals surface area (Å²) in [7, 11) is 0. The second kappa shape index (κ2) is 6.10. The Morgan fingerprint density at radius 1 is 1.28 bits per heavy atom. The Bertz CT molecular complexity index is 405. The molecule has 1 saturated carbocycles. The van der Waals surface area contributed by atoms with E-state index in [9.17, 15) is 4.79 Å². The average Bonchev–Trinajstić information content (AvgIpc) is 2.84. The van der Waals surface area contributed by atoms with Gasteiger partial charge in [0.1, 0.15) is 5.75 Å². The summed E-state index contributed by atoms with van der Waals surface area (Å²) < 4.78 is 0. The van der Waals surface area contributed by atoms with Crippen LogP contribution in [0.5, 0.6) is 5.75 Å². The Morgan fingerprint density at radius 2 is 1.94 bits per heavy atom. The van der Waals surface area contributed by atoms with Gasteiger partial charge in [0.15, 0.2) is 0 Å². The Kier molecular flexibility index (Phi) is 4.48. The van der Waals surface area contributed by atoms with Crippen LogP contribution in [0, 0.1) is 11.8 Å². The molecule has 0 aromatic heterocycles. The number of benzene rings is 1. The van der Waals surface area contributed by atoms with Crippen LogP contribution in [0.25, 0.3) is 0 Å². The molecule has 1 aromatic rings. The molecule has 3 nitrogen and oxygen atoms in total. The lowest BCUT2D eigenvalue weighted by Gasteiger charge is -2.17. The van der Waals surface area contributed by atoms with Gasteiger partial charge < -0.3 is 10.4 Å². The van der Waals surface area contributed by atoms with Crippen molar-refractivity contribution >= 4 is 17.5 Å². The first kappa shape index (κ1) is 13.2. The summed E-state index contributed by atoms with van der Waals surface area (Å²) in [6.07, 6.45) is 3.52. The Hall–Kier alpha value is -1.22. The lowest BCUT2D eigenvalue weighted by atomic mass is 9.98. The van der Waals surface area contributed by atoms with Crippen molar-refractivity contribution in [3.05, 3.63) is 29.8 Å². The van der Waals surface area contributed by atoms with Crippen molar-refractivity contribution < 1.29 is 9.90 Å². The van der Waals surface area contributed by atoms with Crippen LogP contribution in [0.1, 0.15) is 29.6 Å². The zero-order valence-corrected chi connectivity index (χ0v) is 11.0. The third kappa shape index (κ3) is 3.16. The normalized spacial score (nSPS) is 22.9. The van der Waals surface area contributed by atoms with E-state index in [1.54, 1.807) is 12.1 Å². The van der Waals surface area contributed by atoms with Crippen LogP contribution in [-0.4, -0.2) is 23.4 Å². The molecular formula is C14H18ClNO2. The van der Waals surface area contributed by atoms with E-state index in [4.69, 9.17) is 16.7 Å². The van der Waals surface area contributed by atoms with E-state index >= 15 is 0 Å². The third-order valence-corrected chi connectivity index (χ3v) is 4.07. The minimum atomic E-state index is -0.0878. The van der Waals surface area contributed by atoms with Gasteiger partial charge in [-0.25, -0.2) is 0 Å². The average molecular weight is 268 g/mol. The number of hydrogen-bond donors (Lipinski definition) is 2. The molecule has 1 aliphatic carbocycles. The van der Waals surface area contributed by atoms with Crippen molar-refractivity contribution in [2.75, 3.05) is 12.4 Å². The molecule has 2 unspecified atom stereocenters. The van der Waals surface area contributed by atoms with Crippen LogP contribution in [0.2, 0.25) is 0 Å². The second-order valence-electron chi connectivity index (χ2n) is 4.86. The molecule has 0 aliphatic heterocycles. The zero-order valence-electron chi connectivity index (χ0n) is 10.2. The molecule has 18 heavy (non-hydrogen) atoms.